The zero-order valence-electron chi connectivity index (χ0n) is 7.54. The van der Waals surface area contributed by atoms with Crippen LogP contribution in [-0.4, -0.2) is 19.6 Å². The van der Waals surface area contributed by atoms with E-state index in [9.17, 15) is 8.42 Å². The van der Waals surface area contributed by atoms with Gasteiger partial charge in [0.15, 0.2) is 0 Å². The van der Waals surface area contributed by atoms with E-state index in [0.29, 0.717) is 0 Å². The molecule has 1 aromatic carbocycles. The van der Waals surface area contributed by atoms with Crippen molar-refractivity contribution in [2.24, 2.45) is 0 Å². The fourth-order valence-corrected chi connectivity index (χ4v) is 0.787. The zero-order chi connectivity index (χ0) is 10.9. The van der Waals surface area contributed by atoms with Crippen molar-refractivity contribution in [3.05, 3.63) is 49.1 Å². The van der Waals surface area contributed by atoms with E-state index in [1.54, 1.807) is 0 Å². The Morgan fingerprint density at radius 3 is 1.64 bits per heavy atom. The molecule has 0 aromatic heterocycles. The van der Waals surface area contributed by atoms with Crippen LogP contribution in [0.4, 0.5) is 0 Å². The van der Waals surface area contributed by atoms with Crippen LogP contribution in [0.25, 0.3) is 0 Å². The average molecular weight is 216 g/mol. The largest absolute Gasteiger partial charge is 0.397 e. The molecule has 0 heterocycles. The SMILES string of the molecule is C=CCOS(=O)(=O)O.c1ccccc1. The number of hydrogen-bond acceptors (Lipinski definition) is 3. The summed E-state index contributed by atoms with van der Waals surface area (Å²) in [6.07, 6.45) is 1.22. The fourth-order valence-electron chi connectivity index (χ4n) is 0.519. The predicted octanol–water partition coefficient (Wildman–Crippen LogP) is 1.68. The summed E-state index contributed by atoms with van der Waals surface area (Å²) in [6.45, 7) is 2.97. The van der Waals surface area contributed by atoms with Gasteiger partial charge in [0.05, 0.1) is 6.61 Å². The fraction of sp³-hybridized carbons (Fsp3) is 0.111. The Bertz CT molecular complexity index is 304. The molecule has 0 radical (unpaired) electrons. The molecule has 0 aliphatic rings. The van der Waals surface area contributed by atoms with Gasteiger partial charge >= 0.3 is 10.4 Å². The first-order valence-corrected chi connectivity index (χ1v) is 5.15. The Kier molecular flexibility index (Phi) is 6.65. The van der Waals surface area contributed by atoms with Crippen molar-refractivity contribution in [3.8, 4) is 0 Å². The maximum atomic E-state index is 9.68. The molecule has 1 N–H and O–H groups in total. The van der Waals surface area contributed by atoms with Crippen LogP contribution in [0.3, 0.4) is 0 Å². The first-order chi connectivity index (χ1) is 6.56. The monoisotopic (exact) mass is 216 g/mol. The van der Waals surface area contributed by atoms with Crippen molar-refractivity contribution >= 4 is 10.4 Å². The molecule has 0 aliphatic heterocycles. The molecule has 0 atom stereocenters. The Morgan fingerprint density at radius 2 is 1.50 bits per heavy atom. The van der Waals surface area contributed by atoms with E-state index in [2.05, 4.69) is 10.8 Å². The molecule has 0 fully saturated rings. The summed E-state index contributed by atoms with van der Waals surface area (Å²) in [5, 5.41) is 0. The summed E-state index contributed by atoms with van der Waals surface area (Å²) < 4.78 is 31.0. The van der Waals surface area contributed by atoms with E-state index >= 15 is 0 Å². The third-order valence-electron chi connectivity index (χ3n) is 1.00. The lowest BCUT2D eigenvalue weighted by Gasteiger charge is -1.90. The minimum absolute atomic E-state index is 0.196. The van der Waals surface area contributed by atoms with E-state index in [-0.39, 0.29) is 6.61 Å². The van der Waals surface area contributed by atoms with Gasteiger partial charge in [-0.3, -0.25) is 4.55 Å². The predicted molar refractivity (Wildman–Crippen MR) is 54.1 cm³/mol. The van der Waals surface area contributed by atoms with Crippen molar-refractivity contribution in [2.75, 3.05) is 6.61 Å². The van der Waals surface area contributed by atoms with E-state index in [1.165, 1.54) is 6.08 Å². The summed E-state index contributed by atoms with van der Waals surface area (Å²) >= 11 is 0. The van der Waals surface area contributed by atoms with Crippen LogP contribution in [0.15, 0.2) is 49.1 Å². The number of rotatable bonds is 3. The second kappa shape index (κ2) is 7.25. The minimum atomic E-state index is -4.26. The molecule has 0 saturated carbocycles. The molecular weight excluding hydrogens is 204 g/mol. The smallest absolute Gasteiger partial charge is 0.264 e. The Balaban J connectivity index is 0.000000249. The number of benzene rings is 1. The lowest BCUT2D eigenvalue weighted by atomic mass is 10.4. The van der Waals surface area contributed by atoms with Crippen molar-refractivity contribution in [1.29, 1.82) is 0 Å². The maximum Gasteiger partial charge on any atom is 0.397 e. The average Bonchev–Trinajstić information content (AvgIpc) is 2.17. The summed E-state index contributed by atoms with van der Waals surface area (Å²) in [6, 6.07) is 12.0. The molecule has 0 bridgehead atoms. The van der Waals surface area contributed by atoms with Crippen molar-refractivity contribution in [3.63, 3.8) is 0 Å². The summed E-state index contributed by atoms with van der Waals surface area (Å²) in [5.41, 5.74) is 0. The normalized spacial score (nSPS) is 9.79. The molecule has 5 heteroatoms. The van der Waals surface area contributed by atoms with Gasteiger partial charge < -0.3 is 0 Å². The van der Waals surface area contributed by atoms with E-state index in [4.69, 9.17) is 4.55 Å². The summed E-state index contributed by atoms with van der Waals surface area (Å²) in [4.78, 5) is 0. The quantitative estimate of drug-likeness (QED) is 0.616. The third-order valence-corrected chi connectivity index (χ3v) is 1.44. The summed E-state index contributed by atoms with van der Waals surface area (Å²) in [5.74, 6) is 0. The Labute approximate surface area is 83.8 Å². The highest BCUT2D eigenvalue weighted by molar-refractivity contribution is 7.80. The molecule has 78 valence electrons. The van der Waals surface area contributed by atoms with Crippen molar-refractivity contribution in [2.45, 2.75) is 0 Å². The minimum Gasteiger partial charge on any atom is -0.264 e. The van der Waals surface area contributed by atoms with E-state index in [1.807, 2.05) is 36.4 Å². The van der Waals surface area contributed by atoms with E-state index in [0.717, 1.165) is 0 Å². The molecule has 0 amide bonds. The topological polar surface area (TPSA) is 63.6 Å². The number of hydrogen-bond donors (Lipinski definition) is 1. The lowest BCUT2D eigenvalue weighted by molar-refractivity contribution is 0.296. The molecule has 0 spiro atoms. The van der Waals surface area contributed by atoms with Crippen LogP contribution in [0.5, 0.6) is 0 Å². The molecule has 14 heavy (non-hydrogen) atoms. The standard InChI is InChI=1S/C6H6.C3H6O4S/c1-2-4-6-5-3-1;1-2-3-7-8(4,5)6/h1-6H;2H,1,3H2,(H,4,5,6). The Hall–Kier alpha value is -1.17. The van der Waals surface area contributed by atoms with Crippen molar-refractivity contribution < 1.29 is 17.2 Å². The van der Waals surface area contributed by atoms with Crippen LogP contribution >= 0.6 is 0 Å². The van der Waals surface area contributed by atoms with Crippen LogP contribution in [-0.2, 0) is 14.6 Å². The van der Waals surface area contributed by atoms with Gasteiger partial charge in [-0.2, -0.15) is 8.42 Å². The van der Waals surface area contributed by atoms with Gasteiger partial charge in [-0.05, 0) is 0 Å². The van der Waals surface area contributed by atoms with Crippen LogP contribution < -0.4 is 0 Å². The van der Waals surface area contributed by atoms with Crippen molar-refractivity contribution in [1.82, 2.24) is 0 Å². The molecule has 1 rings (SSSR count). The van der Waals surface area contributed by atoms with Crippen LogP contribution in [0, 0.1) is 0 Å². The van der Waals surface area contributed by atoms with Crippen LogP contribution in [0.2, 0.25) is 0 Å². The van der Waals surface area contributed by atoms with Gasteiger partial charge in [-0.15, -0.1) is 6.58 Å². The maximum absolute atomic E-state index is 9.68. The molecule has 0 unspecified atom stereocenters. The molecule has 0 aliphatic carbocycles. The lowest BCUT2D eigenvalue weighted by Crippen LogP contribution is -2.02. The van der Waals surface area contributed by atoms with Crippen LogP contribution in [0.1, 0.15) is 0 Å². The van der Waals surface area contributed by atoms with Gasteiger partial charge in [0.1, 0.15) is 0 Å². The second-order valence-electron chi connectivity index (χ2n) is 2.16. The molecular formula is C9H12O4S. The molecule has 4 nitrogen and oxygen atoms in total. The molecule has 0 saturated heterocycles. The van der Waals surface area contributed by atoms with E-state index < -0.39 is 10.4 Å². The highest BCUT2D eigenvalue weighted by atomic mass is 32.3. The Morgan fingerprint density at radius 1 is 1.14 bits per heavy atom. The van der Waals surface area contributed by atoms with Gasteiger partial charge in [0, 0.05) is 0 Å². The second-order valence-corrected chi connectivity index (χ2v) is 3.25. The summed E-state index contributed by atoms with van der Waals surface area (Å²) in [7, 11) is -4.26. The third kappa shape index (κ3) is 10.8. The first-order valence-electron chi connectivity index (χ1n) is 3.79. The van der Waals surface area contributed by atoms with Gasteiger partial charge in [-0.25, -0.2) is 4.18 Å². The molecule has 1 aromatic rings. The van der Waals surface area contributed by atoms with Gasteiger partial charge in [0.25, 0.3) is 0 Å². The highest BCUT2D eigenvalue weighted by Gasteiger charge is 1.99. The first kappa shape index (κ1) is 12.8. The zero-order valence-corrected chi connectivity index (χ0v) is 8.35. The van der Waals surface area contributed by atoms with Gasteiger partial charge in [-0.1, -0.05) is 42.5 Å². The van der Waals surface area contributed by atoms with Gasteiger partial charge in [0.2, 0.25) is 0 Å². The highest BCUT2D eigenvalue weighted by Crippen LogP contribution is 1.83.